The summed E-state index contributed by atoms with van der Waals surface area (Å²) in [5.41, 5.74) is 3.24. The molecule has 3 aromatic rings. The number of para-hydroxylation sites is 1. The summed E-state index contributed by atoms with van der Waals surface area (Å²) >= 11 is 0. The molecule has 132 valence electrons. The van der Waals surface area contributed by atoms with Crippen molar-refractivity contribution in [2.75, 3.05) is 19.0 Å². The van der Waals surface area contributed by atoms with Crippen molar-refractivity contribution in [2.45, 2.75) is 13.2 Å². The molecule has 1 N–H and O–H groups in total. The monoisotopic (exact) mass is 350 g/mol. The summed E-state index contributed by atoms with van der Waals surface area (Å²) in [4.78, 5) is 4.39. The maximum Gasteiger partial charge on any atom is 0.339 e. The first-order chi connectivity index (χ1) is 12.8. The Morgan fingerprint density at radius 1 is 1.12 bits per heavy atom. The largest absolute Gasteiger partial charge is 0.497 e. The van der Waals surface area contributed by atoms with Gasteiger partial charge in [0, 0.05) is 16.8 Å². The zero-order valence-electron chi connectivity index (χ0n) is 14.5. The Hall–Kier alpha value is -3.35. The van der Waals surface area contributed by atoms with Gasteiger partial charge in [0.2, 0.25) is 5.88 Å². The fourth-order valence-electron chi connectivity index (χ4n) is 2.79. The van der Waals surface area contributed by atoms with Gasteiger partial charge in [-0.15, -0.1) is 5.10 Å². The second-order valence-corrected chi connectivity index (χ2v) is 5.65. The Bertz CT molecular complexity index is 932. The van der Waals surface area contributed by atoms with Crippen molar-refractivity contribution in [1.29, 1.82) is 0 Å². The minimum atomic E-state index is -0.460. The van der Waals surface area contributed by atoms with Crippen LogP contribution in [-0.4, -0.2) is 28.9 Å². The molecule has 0 saturated heterocycles. The summed E-state index contributed by atoms with van der Waals surface area (Å²) in [5.74, 6) is 1.12. The highest BCUT2D eigenvalue weighted by atomic mass is 16.5. The van der Waals surface area contributed by atoms with Crippen LogP contribution in [0.1, 0.15) is 18.7 Å². The number of anilines is 1. The highest BCUT2D eigenvalue weighted by Crippen LogP contribution is 2.39. The van der Waals surface area contributed by atoms with Crippen LogP contribution in [0.15, 0.2) is 48.5 Å². The number of hydrogen-bond acceptors (Lipinski definition) is 7. The molecule has 7 nitrogen and oxygen atoms in total. The smallest absolute Gasteiger partial charge is 0.339 e. The van der Waals surface area contributed by atoms with E-state index in [0.717, 1.165) is 22.6 Å². The first-order valence-corrected chi connectivity index (χ1v) is 8.32. The average Bonchev–Trinajstić information content (AvgIpc) is 2.85. The maximum absolute atomic E-state index is 6.15. The van der Waals surface area contributed by atoms with Gasteiger partial charge in [-0.2, -0.15) is 4.98 Å². The molecule has 0 spiro atoms. The van der Waals surface area contributed by atoms with E-state index in [2.05, 4.69) is 20.5 Å². The molecular formula is C19H18N4O3. The SMILES string of the molecule is CCOc1nnc2c(n1)OC(c1cccc(OC)c1)Nc1ccccc1-2. The van der Waals surface area contributed by atoms with Crippen molar-refractivity contribution in [3.05, 3.63) is 54.1 Å². The lowest BCUT2D eigenvalue weighted by Crippen LogP contribution is -2.17. The van der Waals surface area contributed by atoms with Crippen LogP contribution in [-0.2, 0) is 0 Å². The van der Waals surface area contributed by atoms with E-state index in [1.807, 2.05) is 55.5 Å². The third-order valence-electron chi connectivity index (χ3n) is 4.00. The number of aromatic nitrogens is 3. The van der Waals surface area contributed by atoms with Crippen molar-refractivity contribution in [2.24, 2.45) is 0 Å². The van der Waals surface area contributed by atoms with Crippen LogP contribution in [0.4, 0.5) is 5.69 Å². The lowest BCUT2D eigenvalue weighted by molar-refractivity contribution is 0.219. The molecule has 0 fully saturated rings. The summed E-state index contributed by atoms with van der Waals surface area (Å²) in [6, 6.07) is 15.7. The molecule has 1 unspecified atom stereocenters. The maximum atomic E-state index is 6.15. The molecule has 1 aliphatic rings. The predicted molar refractivity (Wildman–Crippen MR) is 96.4 cm³/mol. The molecule has 4 rings (SSSR count). The molecule has 0 bridgehead atoms. The molecule has 0 aliphatic carbocycles. The molecule has 0 amide bonds. The van der Waals surface area contributed by atoms with Crippen LogP contribution in [0.5, 0.6) is 17.6 Å². The van der Waals surface area contributed by atoms with Gasteiger partial charge in [-0.1, -0.05) is 35.4 Å². The van der Waals surface area contributed by atoms with Gasteiger partial charge in [-0.05, 0) is 25.1 Å². The van der Waals surface area contributed by atoms with Gasteiger partial charge in [-0.3, -0.25) is 0 Å². The van der Waals surface area contributed by atoms with Crippen molar-refractivity contribution >= 4 is 5.69 Å². The number of ether oxygens (including phenoxy) is 3. The normalized spacial score (nSPS) is 14.9. The van der Waals surface area contributed by atoms with Crippen LogP contribution in [0.3, 0.4) is 0 Å². The fraction of sp³-hybridized carbons (Fsp3) is 0.211. The molecule has 2 heterocycles. The van der Waals surface area contributed by atoms with Gasteiger partial charge in [0.1, 0.15) is 5.75 Å². The lowest BCUT2D eigenvalue weighted by Gasteiger charge is -2.19. The number of nitrogens with zero attached hydrogens (tertiary/aromatic N) is 3. The Labute approximate surface area is 151 Å². The van der Waals surface area contributed by atoms with E-state index >= 15 is 0 Å². The molecule has 0 saturated carbocycles. The molecule has 0 radical (unpaired) electrons. The third kappa shape index (κ3) is 2.99. The van der Waals surface area contributed by atoms with E-state index in [9.17, 15) is 0 Å². The van der Waals surface area contributed by atoms with Crippen LogP contribution in [0.25, 0.3) is 11.3 Å². The topological polar surface area (TPSA) is 78.4 Å². The molecule has 7 heteroatoms. The number of rotatable bonds is 4. The first-order valence-electron chi connectivity index (χ1n) is 8.32. The predicted octanol–water partition coefficient (Wildman–Crippen LogP) is 3.45. The summed E-state index contributed by atoms with van der Waals surface area (Å²) in [7, 11) is 1.64. The van der Waals surface area contributed by atoms with Gasteiger partial charge in [0.25, 0.3) is 0 Å². The van der Waals surface area contributed by atoms with Crippen molar-refractivity contribution in [3.8, 4) is 28.9 Å². The van der Waals surface area contributed by atoms with Crippen LogP contribution < -0.4 is 19.5 Å². The van der Waals surface area contributed by atoms with E-state index in [4.69, 9.17) is 14.2 Å². The van der Waals surface area contributed by atoms with Crippen LogP contribution in [0.2, 0.25) is 0 Å². The van der Waals surface area contributed by atoms with Crippen LogP contribution >= 0.6 is 0 Å². The molecule has 2 aromatic carbocycles. The lowest BCUT2D eigenvalue weighted by atomic mass is 10.1. The second kappa shape index (κ2) is 6.87. The summed E-state index contributed by atoms with van der Waals surface area (Å²) in [5, 5.41) is 11.7. The highest BCUT2D eigenvalue weighted by Gasteiger charge is 2.26. The van der Waals surface area contributed by atoms with E-state index in [1.54, 1.807) is 7.11 Å². The van der Waals surface area contributed by atoms with Gasteiger partial charge >= 0.3 is 6.01 Å². The van der Waals surface area contributed by atoms with Gasteiger partial charge < -0.3 is 19.5 Å². The quantitative estimate of drug-likeness (QED) is 0.772. The van der Waals surface area contributed by atoms with Gasteiger partial charge in [0.15, 0.2) is 11.9 Å². The Balaban J connectivity index is 1.82. The highest BCUT2D eigenvalue weighted by molar-refractivity contribution is 5.79. The first kappa shape index (κ1) is 16.1. The number of hydrogen-bond donors (Lipinski definition) is 1. The zero-order valence-corrected chi connectivity index (χ0v) is 14.5. The van der Waals surface area contributed by atoms with Crippen LogP contribution in [0, 0.1) is 0 Å². The Kier molecular flexibility index (Phi) is 4.27. The molecular weight excluding hydrogens is 332 g/mol. The Morgan fingerprint density at radius 2 is 2.00 bits per heavy atom. The standard InChI is InChI=1S/C19H18N4O3/c1-3-25-19-21-18-16(22-23-19)14-9-4-5-10-15(14)20-17(26-18)12-7-6-8-13(11-12)24-2/h4-11,17,20H,3H2,1-2H3. The minimum absolute atomic E-state index is 0.190. The molecule has 1 aromatic heterocycles. The molecule has 1 atom stereocenters. The van der Waals surface area contributed by atoms with E-state index in [0.29, 0.717) is 18.2 Å². The summed E-state index contributed by atoms with van der Waals surface area (Å²) < 4.78 is 16.9. The molecule has 1 aliphatic heterocycles. The third-order valence-corrected chi connectivity index (χ3v) is 4.00. The summed E-state index contributed by atoms with van der Waals surface area (Å²) in [6.07, 6.45) is -0.460. The number of methoxy groups -OCH3 is 1. The van der Waals surface area contributed by atoms with Crippen molar-refractivity contribution in [3.63, 3.8) is 0 Å². The van der Waals surface area contributed by atoms with E-state index < -0.39 is 6.23 Å². The second-order valence-electron chi connectivity index (χ2n) is 5.65. The van der Waals surface area contributed by atoms with Gasteiger partial charge in [-0.25, -0.2) is 0 Å². The number of nitrogens with one attached hydrogen (secondary N) is 1. The van der Waals surface area contributed by atoms with Crippen molar-refractivity contribution in [1.82, 2.24) is 15.2 Å². The van der Waals surface area contributed by atoms with Crippen molar-refractivity contribution < 1.29 is 14.2 Å². The summed E-state index contributed by atoms with van der Waals surface area (Å²) in [6.45, 7) is 2.32. The average molecular weight is 350 g/mol. The minimum Gasteiger partial charge on any atom is -0.497 e. The van der Waals surface area contributed by atoms with E-state index in [-0.39, 0.29) is 6.01 Å². The Morgan fingerprint density at radius 3 is 2.85 bits per heavy atom. The number of fused-ring (bicyclic) bond motifs is 3. The number of benzene rings is 2. The zero-order chi connectivity index (χ0) is 17.9. The molecule has 26 heavy (non-hydrogen) atoms. The fourth-order valence-corrected chi connectivity index (χ4v) is 2.79. The van der Waals surface area contributed by atoms with Gasteiger partial charge in [0.05, 0.1) is 13.7 Å². The van der Waals surface area contributed by atoms with E-state index in [1.165, 1.54) is 0 Å².